The molecule has 29 heavy (non-hydrogen) atoms. The number of nitrogens with zero attached hydrogens (tertiary/aromatic N) is 1. The van der Waals surface area contributed by atoms with Crippen LogP contribution in [0.2, 0.25) is 0 Å². The number of unbranched alkanes of at least 4 members (excludes halogenated alkanes) is 2. The predicted molar refractivity (Wildman–Crippen MR) is 115 cm³/mol. The summed E-state index contributed by atoms with van der Waals surface area (Å²) in [6.07, 6.45) is 5.81. The molecule has 1 rings (SSSR count). The number of hydroxylamine groups is 1. The fraction of sp³-hybridized carbons (Fsp3) is 0.524. The molecule has 0 saturated heterocycles. The standard InChI is InChI=1S/C21H34N4O4/c1-4-7-8-13-22-21(27)23-18-16-17(10-12-20(26)24-28)9-11-19(18)29-15-14-25(5-2)6-3/h9-12,16,28H,4-8,13-15H2,1-3H3,(H,24,26)(H2,22,23,27)/b12-10+. The summed E-state index contributed by atoms with van der Waals surface area (Å²) in [5, 5.41) is 14.3. The van der Waals surface area contributed by atoms with Crippen LogP contribution in [0.25, 0.3) is 6.08 Å². The van der Waals surface area contributed by atoms with Gasteiger partial charge in [-0.15, -0.1) is 0 Å². The van der Waals surface area contributed by atoms with Gasteiger partial charge >= 0.3 is 6.03 Å². The summed E-state index contributed by atoms with van der Waals surface area (Å²) in [4.78, 5) is 25.7. The summed E-state index contributed by atoms with van der Waals surface area (Å²) >= 11 is 0. The summed E-state index contributed by atoms with van der Waals surface area (Å²) in [6.45, 7) is 10.1. The van der Waals surface area contributed by atoms with Gasteiger partial charge in [0.2, 0.25) is 0 Å². The molecule has 0 unspecified atom stereocenters. The Morgan fingerprint density at radius 2 is 1.93 bits per heavy atom. The van der Waals surface area contributed by atoms with Crippen molar-refractivity contribution in [3.05, 3.63) is 29.8 Å². The van der Waals surface area contributed by atoms with E-state index < -0.39 is 5.91 Å². The van der Waals surface area contributed by atoms with E-state index in [9.17, 15) is 9.59 Å². The zero-order valence-corrected chi connectivity index (χ0v) is 17.7. The van der Waals surface area contributed by atoms with Crippen molar-refractivity contribution in [1.29, 1.82) is 0 Å². The number of carbonyl (C=O) groups is 2. The largest absolute Gasteiger partial charge is 0.490 e. The minimum absolute atomic E-state index is 0.302. The Kier molecular flexibility index (Phi) is 12.2. The van der Waals surface area contributed by atoms with Crippen molar-refractivity contribution in [1.82, 2.24) is 15.7 Å². The van der Waals surface area contributed by atoms with E-state index >= 15 is 0 Å². The molecule has 0 aliphatic heterocycles. The van der Waals surface area contributed by atoms with Crippen molar-refractivity contribution in [3.63, 3.8) is 0 Å². The van der Waals surface area contributed by atoms with Crippen molar-refractivity contribution in [2.45, 2.75) is 40.0 Å². The number of benzene rings is 1. The first-order chi connectivity index (χ1) is 14.0. The molecule has 4 N–H and O–H groups in total. The zero-order chi connectivity index (χ0) is 21.5. The van der Waals surface area contributed by atoms with Crippen LogP contribution in [0.3, 0.4) is 0 Å². The van der Waals surface area contributed by atoms with Crippen LogP contribution in [0.5, 0.6) is 5.75 Å². The second-order valence-electron chi connectivity index (χ2n) is 6.53. The van der Waals surface area contributed by atoms with Crippen molar-refractivity contribution in [3.8, 4) is 5.75 Å². The average molecular weight is 407 g/mol. The number of hydrogen-bond acceptors (Lipinski definition) is 5. The topological polar surface area (TPSA) is 103 Å². The summed E-state index contributed by atoms with van der Waals surface area (Å²) in [5.74, 6) is -0.0719. The Morgan fingerprint density at radius 1 is 1.17 bits per heavy atom. The van der Waals surface area contributed by atoms with Gasteiger partial charge in [-0.2, -0.15) is 0 Å². The number of hydrogen-bond donors (Lipinski definition) is 4. The lowest BCUT2D eigenvalue weighted by atomic mass is 10.1. The van der Waals surface area contributed by atoms with E-state index in [4.69, 9.17) is 9.94 Å². The first-order valence-corrected chi connectivity index (χ1v) is 10.2. The molecule has 0 aliphatic rings. The van der Waals surface area contributed by atoms with Crippen LogP contribution in [0.1, 0.15) is 45.6 Å². The Hall–Kier alpha value is -2.58. The molecule has 0 spiro atoms. The number of anilines is 1. The first-order valence-electron chi connectivity index (χ1n) is 10.2. The van der Waals surface area contributed by atoms with Gasteiger partial charge in [-0.25, -0.2) is 10.3 Å². The van der Waals surface area contributed by atoms with Gasteiger partial charge in [0.05, 0.1) is 5.69 Å². The van der Waals surface area contributed by atoms with E-state index in [2.05, 4.69) is 36.3 Å². The highest BCUT2D eigenvalue weighted by Crippen LogP contribution is 2.26. The molecule has 0 aliphatic carbocycles. The fourth-order valence-corrected chi connectivity index (χ4v) is 2.65. The molecular formula is C21H34N4O4. The molecule has 0 fully saturated rings. The van der Waals surface area contributed by atoms with Gasteiger partial charge in [-0.3, -0.25) is 10.0 Å². The van der Waals surface area contributed by atoms with Crippen LogP contribution >= 0.6 is 0 Å². The van der Waals surface area contributed by atoms with Gasteiger partial charge in [0.15, 0.2) is 0 Å². The Morgan fingerprint density at radius 3 is 2.59 bits per heavy atom. The van der Waals surface area contributed by atoms with Crippen molar-refractivity contribution in [2.75, 3.05) is 38.1 Å². The maximum atomic E-state index is 12.2. The highest BCUT2D eigenvalue weighted by Gasteiger charge is 2.10. The summed E-state index contributed by atoms with van der Waals surface area (Å²) in [6, 6.07) is 4.95. The van der Waals surface area contributed by atoms with E-state index in [0.29, 0.717) is 30.2 Å². The minimum atomic E-state index is -0.632. The van der Waals surface area contributed by atoms with E-state index in [1.807, 2.05) is 0 Å². The number of amides is 3. The van der Waals surface area contributed by atoms with Gasteiger partial charge in [-0.1, -0.05) is 39.7 Å². The number of rotatable bonds is 13. The number of likely N-dealkylation sites (N-methyl/N-ethyl adjacent to an activating group) is 1. The number of nitrogens with one attached hydrogen (secondary N) is 3. The molecule has 162 valence electrons. The number of ether oxygens (including phenoxy) is 1. The van der Waals surface area contributed by atoms with Crippen LogP contribution in [0.4, 0.5) is 10.5 Å². The predicted octanol–water partition coefficient (Wildman–Crippen LogP) is 3.24. The summed E-state index contributed by atoms with van der Waals surface area (Å²) < 4.78 is 5.89. The molecule has 0 radical (unpaired) electrons. The average Bonchev–Trinajstić information content (AvgIpc) is 2.73. The van der Waals surface area contributed by atoms with Crippen LogP contribution < -0.4 is 20.9 Å². The Labute approximate surface area is 173 Å². The number of carbonyl (C=O) groups excluding carboxylic acids is 2. The second kappa shape index (κ2) is 14.4. The van der Waals surface area contributed by atoms with E-state index in [0.717, 1.165) is 38.9 Å². The second-order valence-corrected chi connectivity index (χ2v) is 6.53. The van der Waals surface area contributed by atoms with E-state index in [-0.39, 0.29) is 6.03 Å². The monoisotopic (exact) mass is 406 g/mol. The molecule has 8 heteroatoms. The molecule has 0 aromatic heterocycles. The third-order valence-corrected chi connectivity index (χ3v) is 4.41. The lowest BCUT2D eigenvalue weighted by Gasteiger charge is -2.19. The van der Waals surface area contributed by atoms with Crippen LogP contribution in [0.15, 0.2) is 24.3 Å². The van der Waals surface area contributed by atoms with Crippen LogP contribution in [-0.2, 0) is 4.79 Å². The number of urea groups is 1. The highest BCUT2D eigenvalue weighted by molar-refractivity contribution is 5.93. The molecular weight excluding hydrogens is 372 g/mol. The normalized spacial score (nSPS) is 10.9. The quantitative estimate of drug-likeness (QED) is 0.174. The molecule has 1 aromatic rings. The van der Waals surface area contributed by atoms with E-state index in [1.54, 1.807) is 23.7 Å². The lowest BCUT2D eigenvalue weighted by molar-refractivity contribution is -0.124. The Balaban J connectivity index is 2.84. The maximum absolute atomic E-state index is 12.2. The third kappa shape index (κ3) is 9.96. The van der Waals surface area contributed by atoms with Gasteiger partial charge in [0, 0.05) is 19.2 Å². The van der Waals surface area contributed by atoms with Crippen molar-refractivity contribution >= 4 is 23.7 Å². The van der Waals surface area contributed by atoms with Gasteiger partial charge in [0.1, 0.15) is 12.4 Å². The smallest absolute Gasteiger partial charge is 0.319 e. The summed E-state index contributed by atoms with van der Waals surface area (Å²) in [7, 11) is 0. The van der Waals surface area contributed by atoms with Crippen LogP contribution in [-0.4, -0.2) is 54.8 Å². The maximum Gasteiger partial charge on any atom is 0.319 e. The SMILES string of the molecule is CCCCCNC(=O)Nc1cc(/C=C/C(=O)NO)ccc1OCCN(CC)CC. The lowest BCUT2D eigenvalue weighted by Crippen LogP contribution is -2.30. The molecule has 8 nitrogen and oxygen atoms in total. The molecule has 1 aromatic carbocycles. The zero-order valence-electron chi connectivity index (χ0n) is 17.7. The molecule has 0 heterocycles. The Bertz CT molecular complexity index is 660. The van der Waals surface area contributed by atoms with Gasteiger partial charge in [0.25, 0.3) is 5.91 Å². The first kappa shape index (κ1) is 24.5. The van der Waals surface area contributed by atoms with Gasteiger partial charge in [-0.05, 0) is 43.3 Å². The van der Waals surface area contributed by atoms with Crippen molar-refractivity contribution in [2.24, 2.45) is 0 Å². The van der Waals surface area contributed by atoms with Gasteiger partial charge < -0.3 is 20.3 Å². The highest BCUT2D eigenvalue weighted by atomic mass is 16.5. The molecule has 0 bridgehead atoms. The molecule has 0 saturated carbocycles. The fourth-order valence-electron chi connectivity index (χ4n) is 2.65. The molecule has 0 atom stereocenters. The van der Waals surface area contributed by atoms with Crippen molar-refractivity contribution < 1.29 is 19.5 Å². The van der Waals surface area contributed by atoms with Crippen LogP contribution in [0, 0.1) is 0 Å². The third-order valence-electron chi connectivity index (χ3n) is 4.41. The minimum Gasteiger partial charge on any atom is -0.490 e. The van der Waals surface area contributed by atoms with E-state index in [1.165, 1.54) is 12.2 Å². The summed E-state index contributed by atoms with van der Waals surface area (Å²) in [5.41, 5.74) is 2.75. The molecule has 3 amide bonds.